The third-order valence-electron chi connectivity index (χ3n) is 18.2. The summed E-state index contributed by atoms with van der Waals surface area (Å²) in [6.45, 7) is 10.8. The molecule has 5 saturated heterocycles. The van der Waals surface area contributed by atoms with Gasteiger partial charge in [-0.3, -0.25) is 0 Å². The first-order chi connectivity index (χ1) is 29.4. The van der Waals surface area contributed by atoms with Crippen LogP contribution in [0, 0.1) is 52.3 Å². The van der Waals surface area contributed by atoms with Crippen LogP contribution in [0.25, 0.3) is 0 Å². The summed E-state index contributed by atoms with van der Waals surface area (Å²) in [5.41, 5.74) is 0.311. The van der Waals surface area contributed by atoms with Gasteiger partial charge in [0, 0.05) is 12.3 Å². The monoisotopic (exact) mass is 886 g/mol. The Morgan fingerprint density at radius 3 is 2.03 bits per heavy atom. The molecule has 0 bridgehead atoms. The maximum absolute atomic E-state index is 11.6. The predicted molar refractivity (Wildman–Crippen MR) is 214 cm³/mol. The predicted octanol–water partition coefficient (Wildman–Crippen LogP) is 0.294. The summed E-state index contributed by atoms with van der Waals surface area (Å²) in [5.74, 6) is 3.15. The Morgan fingerprint density at radius 1 is 0.613 bits per heavy atom. The largest absolute Gasteiger partial charge is 0.394 e. The van der Waals surface area contributed by atoms with Crippen LogP contribution in [0.1, 0.15) is 98.8 Å². The van der Waals surface area contributed by atoms with Crippen LogP contribution in [0.15, 0.2) is 0 Å². The average molecular weight is 887 g/mol. The van der Waals surface area contributed by atoms with Crippen LogP contribution in [0.4, 0.5) is 0 Å². The van der Waals surface area contributed by atoms with E-state index in [1.54, 1.807) is 0 Å². The quantitative estimate of drug-likeness (QED) is 0.149. The Bertz CT molecular complexity index is 1550. The molecule has 5 heterocycles. The Hall–Kier alpha value is -0.680. The fraction of sp³-hybridized carbons (Fsp3) is 1.00. The summed E-state index contributed by atoms with van der Waals surface area (Å²) in [4.78, 5) is 0. The van der Waals surface area contributed by atoms with Gasteiger partial charge in [0.05, 0.1) is 38.1 Å². The van der Waals surface area contributed by atoms with Gasteiger partial charge in [-0.1, -0.05) is 27.7 Å². The van der Waals surface area contributed by atoms with Gasteiger partial charge in [-0.15, -0.1) is 0 Å². The fourth-order valence-electron chi connectivity index (χ4n) is 14.5. The van der Waals surface area contributed by atoms with Gasteiger partial charge in [-0.05, 0) is 111 Å². The summed E-state index contributed by atoms with van der Waals surface area (Å²) in [5, 5.41) is 95.6. The van der Waals surface area contributed by atoms with Crippen molar-refractivity contribution in [2.45, 2.75) is 209 Å². The van der Waals surface area contributed by atoms with Gasteiger partial charge >= 0.3 is 0 Å². The highest BCUT2D eigenvalue weighted by Crippen LogP contribution is 2.71. The molecule has 17 heteroatoms. The van der Waals surface area contributed by atoms with E-state index in [0.717, 1.165) is 51.6 Å². The molecule has 0 unspecified atom stereocenters. The smallest absolute Gasteiger partial charge is 0.187 e. The van der Waals surface area contributed by atoms with E-state index >= 15 is 0 Å². The number of hydrogen-bond donors (Lipinski definition) is 9. The van der Waals surface area contributed by atoms with Crippen molar-refractivity contribution in [1.82, 2.24) is 0 Å². The van der Waals surface area contributed by atoms with Crippen molar-refractivity contribution >= 4 is 0 Å². The zero-order valence-corrected chi connectivity index (χ0v) is 36.8. The van der Waals surface area contributed by atoms with Gasteiger partial charge in [0.1, 0.15) is 67.1 Å². The lowest BCUT2D eigenvalue weighted by Crippen LogP contribution is -2.65. The van der Waals surface area contributed by atoms with E-state index in [4.69, 9.17) is 37.9 Å². The summed E-state index contributed by atoms with van der Waals surface area (Å²) >= 11 is 0. The molecule has 0 radical (unpaired) electrons. The first-order valence-corrected chi connectivity index (χ1v) is 23.7. The molecule has 0 aromatic carbocycles. The second-order valence-electron chi connectivity index (χ2n) is 21.5. The molecule has 0 amide bonds. The maximum Gasteiger partial charge on any atom is 0.187 e. The van der Waals surface area contributed by atoms with Gasteiger partial charge in [-0.2, -0.15) is 0 Å². The van der Waals surface area contributed by atoms with Gasteiger partial charge in [0.15, 0.2) is 24.7 Å². The summed E-state index contributed by atoms with van der Waals surface area (Å²) in [6, 6.07) is 0. The molecule has 5 aliphatic heterocycles. The molecular weight excluding hydrogens is 812 g/mol. The van der Waals surface area contributed by atoms with Crippen molar-refractivity contribution < 1.29 is 83.9 Å². The molecule has 356 valence electrons. The lowest BCUT2D eigenvalue weighted by Gasteiger charge is -2.61. The highest BCUT2D eigenvalue weighted by Gasteiger charge is 2.69. The third-order valence-corrected chi connectivity index (χ3v) is 18.2. The van der Waals surface area contributed by atoms with Gasteiger partial charge in [0.2, 0.25) is 0 Å². The van der Waals surface area contributed by atoms with Crippen LogP contribution in [0.5, 0.6) is 0 Å². The number of aliphatic hydroxyl groups is 9. The molecular formula is C45H74O17. The second kappa shape index (κ2) is 17.4. The molecule has 62 heavy (non-hydrogen) atoms. The lowest BCUT2D eigenvalue weighted by atomic mass is 9.44. The highest BCUT2D eigenvalue weighted by atomic mass is 16.8. The molecule has 9 fully saturated rings. The Kier molecular flexibility index (Phi) is 13.1. The fourth-order valence-corrected chi connectivity index (χ4v) is 14.5. The SMILES string of the molecule is C[C@@H]1CC[C@@]2(OC1)O[C@@H]1C[C@H]3[C@@H]4CC[C@H]5C[C@H](O[C@H]6O[C@@H](CO[C@H]7O[C@@H](C)[C@H](O)[C@@H](O)[C@@H]7O)[C@H](O)[C@@H](O)[C@@H]6O[C@H]6O[C@@H](CO)[C@H](O)[C@@H](O)[C@@H]6O)CC[C@@]5(C)[C@H]4CC[C@@]3(C)[C@@H]1[C@H]2C. The number of rotatable bonds is 8. The van der Waals surface area contributed by atoms with E-state index in [9.17, 15) is 46.0 Å². The van der Waals surface area contributed by atoms with Crippen LogP contribution in [0.3, 0.4) is 0 Å². The van der Waals surface area contributed by atoms with Gasteiger partial charge in [0.25, 0.3) is 0 Å². The van der Waals surface area contributed by atoms with Crippen LogP contribution < -0.4 is 0 Å². The summed E-state index contributed by atoms with van der Waals surface area (Å²) in [7, 11) is 0. The minimum Gasteiger partial charge on any atom is -0.394 e. The van der Waals surface area contributed by atoms with E-state index in [0.29, 0.717) is 47.8 Å². The van der Waals surface area contributed by atoms with Crippen LogP contribution in [-0.2, 0) is 37.9 Å². The van der Waals surface area contributed by atoms with Crippen molar-refractivity contribution in [3.8, 4) is 0 Å². The van der Waals surface area contributed by atoms with Crippen LogP contribution >= 0.6 is 0 Å². The lowest BCUT2D eigenvalue weighted by molar-refractivity contribution is -0.377. The molecule has 9 rings (SSSR count). The normalized spacial score (nSPS) is 58.9. The Morgan fingerprint density at radius 2 is 1.31 bits per heavy atom. The summed E-state index contributed by atoms with van der Waals surface area (Å²) < 4.78 is 49.6. The van der Waals surface area contributed by atoms with Crippen molar-refractivity contribution in [2.24, 2.45) is 52.3 Å². The van der Waals surface area contributed by atoms with E-state index in [1.807, 2.05) is 0 Å². The molecule has 1 spiro atoms. The molecule has 0 aromatic rings. The first-order valence-electron chi connectivity index (χ1n) is 23.7. The zero-order chi connectivity index (χ0) is 44.2. The number of fused-ring (bicyclic) bond motifs is 7. The standard InChI is InChI=1S/C45H74O17/c1-19-8-13-45(56-17-19)20(2)30-27(62-45)15-26-24-7-6-22-14-23(9-11-43(22,4)25(24)10-12-44(26,30)5)58-42-39(61-41-38(54)35(51)32(48)28(16-46)59-41)36(52)33(49)29(60-42)18-55-40-37(53)34(50)31(47)21(3)57-40/h19-42,46-54H,6-18H2,1-5H3/t19-,20-,21+,22+,23-,24-,25+,26+,27-,28+,29+,30-,31+,32+,33+,34-,35-,36-,37+,38+,39+,40+,41-,42+,43-,44-,45-/m1/s1. The molecule has 17 nitrogen and oxygen atoms in total. The molecule has 0 aromatic heterocycles. The van der Waals surface area contributed by atoms with Crippen molar-refractivity contribution in [3.63, 3.8) is 0 Å². The number of hydrogen-bond acceptors (Lipinski definition) is 17. The molecule has 9 N–H and O–H groups in total. The van der Waals surface area contributed by atoms with E-state index in [-0.39, 0.29) is 23.0 Å². The topological polar surface area (TPSA) is 256 Å². The number of ether oxygens (including phenoxy) is 8. The Balaban J connectivity index is 0.888. The van der Waals surface area contributed by atoms with Crippen molar-refractivity contribution in [1.29, 1.82) is 0 Å². The molecule has 4 aliphatic carbocycles. The van der Waals surface area contributed by atoms with Gasteiger partial charge in [-0.25, -0.2) is 0 Å². The van der Waals surface area contributed by atoms with Crippen molar-refractivity contribution in [3.05, 3.63) is 0 Å². The van der Waals surface area contributed by atoms with Crippen molar-refractivity contribution in [2.75, 3.05) is 19.8 Å². The minimum absolute atomic E-state index is 0.0972. The number of aliphatic hydroxyl groups excluding tert-OH is 9. The molecule has 27 atom stereocenters. The van der Waals surface area contributed by atoms with Gasteiger partial charge < -0.3 is 83.9 Å². The van der Waals surface area contributed by atoms with E-state index in [1.165, 1.54) is 19.8 Å². The minimum atomic E-state index is -1.78. The highest BCUT2D eigenvalue weighted by molar-refractivity contribution is 5.15. The maximum atomic E-state index is 11.6. The van der Waals surface area contributed by atoms with E-state index < -0.39 is 111 Å². The molecule has 9 aliphatic rings. The van der Waals surface area contributed by atoms with E-state index in [2.05, 4.69) is 27.7 Å². The second-order valence-corrected chi connectivity index (χ2v) is 21.5. The third kappa shape index (κ3) is 7.66. The van der Waals surface area contributed by atoms with Crippen LogP contribution in [0.2, 0.25) is 0 Å². The first kappa shape index (κ1) is 46.4. The Labute approximate surface area is 364 Å². The van der Waals surface area contributed by atoms with Crippen LogP contribution in [-0.4, -0.2) is 176 Å². The molecule has 4 saturated carbocycles. The summed E-state index contributed by atoms with van der Waals surface area (Å²) in [6.07, 6.45) is -12.2. The average Bonchev–Trinajstić information content (AvgIpc) is 3.70. The zero-order valence-electron chi connectivity index (χ0n) is 36.8.